The zero-order valence-corrected chi connectivity index (χ0v) is 12.9. The number of sulfone groups is 1. The first-order valence-corrected chi connectivity index (χ1v) is 9.17. The normalized spacial score (nSPS) is 30.0. The van der Waals surface area contributed by atoms with E-state index in [1.807, 2.05) is 0 Å². The molecule has 0 aliphatic carbocycles. The Kier molecular flexibility index (Phi) is 4.05. The molecule has 1 aromatic rings. The van der Waals surface area contributed by atoms with Gasteiger partial charge in [-0.25, -0.2) is 17.2 Å². The van der Waals surface area contributed by atoms with Crippen LogP contribution in [-0.4, -0.2) is 24.7 Å². The second kappa shape index (κ2) is 5.72. The molecule has 2 saturated heterocycles. The highest BCUT2D eigenvalue weighted by atomic mass is 32.2. The van der Waals surface area contributed by atoms with Crippen LogP contribution in [0, 0.1) is 17.6 Å². The van der Waals surface area contributed by atoms with Gasteiger partial charge < -0.3 is 0 Å². The Labute approximate surface area is 128 Å². The molecule has 0 N–H and O–H groups in total. The first-order valence-electron chi connectivity index (χ1n) is 7.56. The number of halogens is 2. The number of rotatable bonds is 3. The van der Waals surface area contributed by atoms with Crippen molar-refractivity contribution in [1.29, 1.82) is 0 Å². The van der Waals surface area contributed by atoms with Crippen LogP contribution < -0.4 is 0 Å². The molecule has 6 heteroatoms. The third-order valence-corrected chi connectivity index (χ3v) is 7.55. The fourth-order valence-electron chi connectivity index (χ4n) is 3.73. The summed E-state index contributed by atoms with van der Waals surface area (Å²) in [7, 11) is -3.09. The lowest BCUT2D eigenvalue weighted by molar-refractivity contribution is -0.122. The van der Waals surface area contributed by atoms with E-state index >= 15 is 0 Å². The molecule has 2 aliphatic heterocycles. The molecule has 2 unspecified atom stereocenters. The van der Waals surface area contributed by atoms with Gasteiger partial charge in [-0.1, -0.05) is 6.42 Å². The largest absolute Gasteiger partial charge is 0.299 e. The summed E-state index contributed by atoms with van der Waals surface area (Å²) >= 11 is 0. The van der Waals surface area contributed by atoms with Gasteiger partial charge in [0.1, 0.15) is 17.4 Å². The average molecular weight is 328 g/mol. The highest BCUT2D eigenvalue weighted by Crippen LogP contribution is 2.39. The summed E-state index contributed by atoms with van der Waals surface area (Å²) in [6, 6.07) is 3.08. The first kappa shape index (κ1) is 15.6. The van der Waals surface area contributed by atoms with E-state index in [1.54, 1.807) is 0 Å². The van der Waals surface area contributed by atoms with Crippen LogP contribution in [0.25, 0.3) is 0 Å². The number of ketones is 1. The van der Waals surface area contributed by atoms with Gasteiger partial charge in [0.2, 0.25) is 0 Å². The van der Waals surface area contributed by atoms with Crippen LogP contribution in [-0.2, 0) is 21.1 Å². The predicted molar refractivity (Wildman–Crippen MR) is 78.1 cm³/mol. The van der Waals surface area contributed by atoms with E-state index in [0.29, 0.717) is 31.2 Å². The van der Waals surface area contributed by atoms with Crippen molar-refractivity contribution >= 4 is 15.6 Å². The zero-order chi connectivity index (χ0) is 15.9. The van der Waals surface area contributed by atoms with Crippen LogP contribution in [0.1, 0.15) is 37.7 Å². The maximum absolute atomic E-state index is 13.2. The second-order valence-corrected chi connectivity index (χ2v) is 8.86. The number of fused-ring (bicyclic) bond motifs is 2. The number of hydrogen-bond donors (Lipinski definition) is 0. The Morgan fingerprint density at radius 1 is 1.05 bits per heavy atom. The Balaban J connectivity index is 1.74. The summed E-state index contributed by atoms with van der Waals surface area (Å²) in [6.07, 6.45) is 2.81. The molecule has 3 rings (SSSR count). The molecule has 120 valence electrons. The summed E-state index contributed by atoms with van der Waals surface area (Å²) in [6.45, 7) is 0. The zero-order valence-electron chi connectivity index (χ0n) is 12.1. The fourth-order valence-corrected chi connectivity index (χ4v) is 6.27. The molecule has 0 amide bonds. The van der Waals surface area contributed by atoms with Crippen LogP contribution in [0.4, 0.5) is 8.78 Å². The molecule has 2 aliphatic rings. The third kappa shape index (κ3) is 2.93. The Hall–Kier alpha value is -1.30. The summed E-state index contributed by atoms with van der Waals surface area (Å²) in [4.78, 5) is 12.4. The van der Waals surface area contributed by atoms with Crippen molar-refractivity contribution in [1.82, 2.24) is 0 Å². The number of carbonyl (C=O) groups is 1. The van der Waals surface area contributed by atoms with E-state index in [9.17, 15) is 22.0 Å². The number of hydrogen-bond acceptors (Lipinski definition) is 3. The molecule has 3 nitrogen and oxygen atoms in total. The van der Waals surface area contributed by atoms with Crippen molar-refractivity contribution in [2.24, 2.45) is 5.92 Å². The van der Waals surface area contributed by atoms with E-state index in [4.69, 9.17) is 0 Å². The maximum Gasteiger partial charge on any atom is 0.156 e. The highest BCUT2D eigenvalue weighted by Gasteiger charge is 2.45. The SMILES string of the molecule is O=C(Cc1cc(F)cc(F)c1)C1CC2CCCC(C1)S2(=O)=O. The van der Waals surface area contributed by atoms with Crippen molar-refractivity contribution in [2.45, 2.75) is 49.0 Å². The summed E-state index contributed by atoms with van der Waals surface area (Å²) < 4.78 is 50.8. The number of benzene rings is 1. The summed E-state index contributed by atoms with van der Waals surface area (Å²) in [5, 5.41) is -0.837. The standard InChI is InChI=1S/C16H18F2O3S/c17-12-4-10(5-13(18)9-12)6-16(19)11-7-14-2-1-3-15(8-11)22(14,20)21/h4-5,9,11,14-15H,1-3,6-8H2. The predicted octanol–water partition coefficient (Wildman–Crippen LogP) is 2.82. The van der Waals surface area contributed by atoms with Crippen LogP contribution in [0.15, 0.2) is 18.2 Å². The van der Waals surface area contributed by atoms with E-state index in [2.05, 4.69) is 0 Å². The van der Waals surface area contributed by atoms with E-state index in [1.165, 1.54) is 0 Å². The van der Waals surface area contributed by atoms with E-state index < -0.39 is 32.0 Å². The molecule has 22 heavy (non-hydrogen) atoms. The van der Waals surface area contributed by atoms with Gasteiger partial charge >= 0.3 is 0 Å². The van der Waals surface area contributed by atoms with E-state index in [-0.39, 0.29) is 18.1 Å². The van der Waals surface area contributed by atoms with Gasteiger partial charge in [0.05, 0.1) is 10.5 Å². The molecule has 2 heterocycles. The quantitative estimate of drug-likeness (QED) is 0.857. The van der Waals surface area contributed by atoms with Crippen molar-refractivity contribution in [2.75, 3.05) is 0 Å². The highest BCUT2D eigenvalue weighted by molar-refractivity contribution is 7.92. The molecule has 0 radical (unpaired) electrons. The molecule has 2 fully saturated rings. The number of carbonyl (C=O) groups excluding carboxylic acids is 1. The average Bonchev–Trinajstić information content (AvgIpc) is 2.35. The Morgan fingerprint density at radius 3 is 2.14 bits per heavy atom. The molecule has 1 aromatic carbocycles. The minimum absolute atomic E-state index is 0.0428. The van der Waals surface area contributed by atoms with Crippen LogP contribution >= 0.6 is 0 Å². The van der Waals surface area contributed by atoms with Crippen molar-refractivity contribution in [3.8, 4) is 0 Å². The van der Waals surface area contributed by atoms with Gasteiger partial charge in [-0.15, -0.1) is 0 Å². The number of Topliss-reactive ketones (excluding diaryl/α,β-unsaturated/α-hetero) is 1. The lowest BCUT2D eigenvalue weighted by atomic mass is 9.85. The van der Waals surface area contributed by atoms with Crippen LogP contribution in [0.5, 0.6) is 0 Å². The van der Waals surface area contributed by atoms with Crippen LogP contribution in [0.2, 0.25) is 0 Å². The second-order valence-electron chi connectivity index (χ2n) is 6.35. The monoisotopic (exact) mass is 328 g/mol. The minimum atomic E-state index is -3.09. The van der Waals surface area contributed by atoms with Gasteiger partial charge in [-0.05, 0) is 43.4 Å². The van der Waals surface area contributed by atoms with Crippen LogP contribution in [0.3, 0.4) is 0 Å². The molecule has 2 bridgehead atoms. The first-order chi connectivity index (χ1) is 10.4. The van der Waals surface area contributed by atoms with Crippen molar-refractivity contribution in [3.05, 3.63) is 35.4 Å². The van der Waals surface area contributed by atoms with Gasteiger partial charge in [0.25, 0.3) is 0 Å². The Bertz CT molecular complexity index is 659. The molecule has 0 aromatic heterocycles. The van der Waals surface area contributed by atoms with Gasteiger partial charge in [-0.3, -0.25) is 4.79 Å². The molecular formula is C16H18F2O3S. The maximum atomic E-state index is 13.2. The Morgan fingerprint density at radius 2 is 1.59 bits per heavy atom. The van der Waals surface area contributed by atoms with E-state index in [0.717, 1.165) is 24.6 Å². The van der Waals surface area contributed by atoms with Gasteiger partial charge in [0.15, 0.2) is 9.84 Å². The summed E-state index contributed by atoms with van der Waals surface area (Å²) in [5.41, 5.74) is 0.307. The summed E-state index contributed by atoms with van der Waals surface area (Å²) in [5.74, 6) is -1.83. The van der Waals surface area contributed by atoms with Crippen molar-refractivity contribution in [3.63, 3.8) is 0 Å². The third-order valence-electron chi connectivity index (χ3n) is 4.83. The van der Waals surface area contributed by atoms with Crippen molar-refractivity contribution < 1.29 is 22.0 Å². The minimum Gasteiger partial charge on any atom is -0.299 e. The molecule has 0 spiro atoms. The van der Waals surface area contributed by atoms with Gasteiger partial charge in [-0.2, -0.15) is 0 Å². The lowest BCUT2D eigenvalue weighted by Crippen LogP contribution is -2.45. The topological polar surface area (TPSA) is 51.2 Å². The fraction of sp³-hybridized carbons (Fsp3) is 0.562. The lowest BCUT2D eigenvalue weighted by Gasteiger charge is -2.38. The smallest absolute Gasteiger partial charge is 0.156 e. The van der Waals surface area contributed by atoms with Gasteiger partial charge in [0, 0.05) is 18.4 Å². The molecule has 2 atom stereocenters. The molecule has 0 saturated carbocycles. The molecular weight excluding hydrogens is 310 g/mol.